The van der Waals surface area contributed by atoms with E-state index >= 15 is 0 Å². The summed E-state index contributed by atoms with van der Waals surface area (Å²) < 4.78 is 6.30. The third-order valence-corrected chi connectivity index (χ3v) is 10.0. The van der Waals surface area contributed by atoms with Crippen molar-refractivity contribution in [3.05, 3.63) is 164 Å². The van der Waals surface area contributed by atoms with Crippen molar-refractivity contribution in [1.82, 2.24) is 19.9 Å². The molecule has 0 saturated carbocycles. The van der Waals surface area contributed by atoms with Crippen LogP contribution in [-0.2, 0) is 0 Å². The predicted molar refractivity (Wildman–Crippen MR) is 210 cm³/mol. The zero-order valence-corrected chi connectivity index (χ0v) is 27.7. The predicted octanol–water partition coefficient (Wildman–Crippen LogP) is 11.9. The molecule has 0 aliphatic carbocycles. The molecule has 0 atom stereocenters. The molecule has 0 unspecified atom stereocenters. The van der Waals surface area contributed by atoms with Crippen LogP contribution in [0.3, 0.4) is 0 Å². The third kappa shape index (κ3) is 4.31. The fourth-order valence-electron chi connectivity index (χ4n) is 7.72. The Morgan fingerprint density at radius 1 is 0.404 bits per heavy atom. The van der Waals surface area contributed by atoms with E-state index in [9.17, 15) is 0 Å². The molecule has 11 rings (SSSR count). The molecule has 4 heterocycles. The van der Waals surface area contributed by atoms with Crippen LogP contribution in [0.25, 0.3) is 88.8 Å². The minimum Gasteiger partial charge on any atom is -0.456 e. The lowest BCUT2D eigenvalue weighted by molar-refractivity contribution is 0.669. The topological polar surface area (TPSA) is 67.9 Å². The normalized spacial score (nSPS) is 12.2. The lowest BCUT2D eigenvalue weighted by Gasteiger charge is -2.32. The number of fused-ring (bicyclic) bond motifs is 7. The van der Waals surface area contributed by atoms with Gasteiger partial charge in [0.2, 0.25) is 5.95 Å². The van der Waals surface area contributed by atoms with Gasteiger partial charge < -0.3 is 4.42 Å². The molecule has 0 amide bonds. The Balaban J connectivity index is 1.22. The molecule has 0 radical (unpaired) electrons. The molecule has 3 aromatic heterocycles. The first-order chi connectivity index (χ1) is 25.8. The Morgan fingerprint density at radius 3 is 1.85 bits per heavy atom. The average molecular weight is 666 g/mol. The molecule has 1 aliphatic rings. The van der Waals surface area contributed by atoms with Crippen LogP contribution in [0.1, 0.15) is 0 Å². The van der Waals surface area contributed by atoms with Gasteiger partial charge in [0.1, 0.15) is 11.2 Å². The number of nitrogens with zero attached hydrogens (tertiary/aromatic N) is 5. The second-order valence-corrected chi connectivity index (χ2v) is 13.0. The Kier molecular flexibility index (Phi) is 6.15. The summed E-state index contributed by atoms with van der Waals surface area (Å²) in [6.45, 7) is 0. The molecule has 0 saturated heterocycles. The van der Waals surface area contributed by atoms with E-state index in [0.29, 0.717) is 17.6 Å². The fourth-order valence-corrected chi connectivity index (χ4v) is 7.72. The van der Waals surface area contributed by atoms with E-state index in [0.717, 1.165) is 88.5 Å². The van der Waals surface area contributed by atoms with Crippen molar-refractivity contribution in [2.45, 2.75) is 0 Å². The van der Waals surface area contributed by atoms with Crippen LogP contribution in [0.5, 0.6) is 0 Å². The van der Waals surface area contributed by atoms with Crippen molar-refractivity contribution in [1.29, 1.82) is 0 Å². The highest BCUT2D eigenvalue weighted by molar-refractivity contribution is 6.20. The first kappa shape index (κ1) is 28.6. The van der Waals surface area contributed by atoms with E-state index in [4.69, 9.17) is 24.4 Å². The van der Waals surface area contributed by atoms with Gasteiger partial charge in [-0.2, -0.15) is 9.97 Å². The summed E-state index contributed by atoms with van der Waals surface area (Å²) in [5.74, 6) is 1.75. The van der Waals surface area contributed by atoms with Crippen molar-refractivity contribution in [3.63, 3.8) is 0 Å². The standard InChI is InChI=1S/C46H27N5O/c1-3-13-28(14-4-1)44-48-45(29-15-5-2-6-16-29)50-46(49-44)51-37-26-25-30(31-19-12-24-40-41(31)34-18-8-10-23-39(34)52-40)27-35(37)43-42-33(20-11-22-38(42)51)32-17-7-9-21-36(32)47-43/h1-27H. The van der Waals surface area contributed by atoms with Gasteiger partial charge in [-0.15, -0.1) is 0 Å². The van der Waals surface area contributed by atoms with Crippen molar-refractivity contribution >= 4 is 60.9 Å². The highest BCUT2D eigenvalue weighted by Gasteiger charge is 2.31. The van der Waals surface area contributed by atoms with Gasteiger partial charge in [0.15, 0.2) is 11.6 Å². The number of furan rings is 1. The molecular weight excluding hydrogens is 639 g/mol. The maximum Gasteiger partial charge on any atom is 0.238 e. The molecule has 6 nitrogen and oxygen atoms in total. The largest absolute Gasteiger partial charge is 0.456 e. The summed E-state index contributed by atoms with van der Waals surface area (Å²) in [5, 5.41) is 5.47. The number of hydrogen-bond donors (Lipinski definition) is 0. The number of hydrogen-bond acceptors (Lipinski definition) is 6. The van der Waals surface area contributed by atoms with Gasteiger partial charge in [-0.05, 0) is 52.9 Å². The number of benzene rings is 7. The molecule has 7 aromatic carbocycles. The van der Waals surface area contributed by atoms with Crippen molar-refractivity contribution < 1.29 is 4.42 Å². The molecule has 0 spiro atoms. The molecule has 6 heteroatoms. The SMILES string of the molecule is c1ccc(-c2nc(-c3ccccc3)nc(N3c4ccc(-c5cccc6oc7ccccc7c56)cc4-c4nc5ccccc5c5cccc3c45)n2)cc1. The quantitative estimate of drug-likeness (QED) is 0.174. The zero-order valence-electron chi connectivity index (χ0n) is 27.7. The highest BCUT2D eigenvalue weighted by Crippen LogP contribution is 2.52. The van der Waals surface area contributed by atoms with Crippen molar-refractivity contribution in [3.8, 4) is 45.2 Å². The number of anilines is 3. The van der Waals surface area contributed by atoms with Gasteiger partial charge in [-0.1, -0.05) is 127 Å². The Hall–Kier alpha value is -7.18. The summed E-state index contributed by atoms with van der Waals surface area (Å²) in [6.07, 6.45) is 0. The van der Waals surface area contributed by atoms with Gasteiger partial charge in [0.25, 0.3) is 0 Å². The van der Waals surface area contributed by atoms with E-state index in [1.807, 2.05) is 78.9 Å². The molecule has 0 bridgehead atoms. The van der Waals surface area contributed by atoms with E-state index in [1.165, 1.54) is 0 Å². The van der Waals surface area contributed by atoms with Gasteiger partial charge in [-0.3, -0.25) is 4.90 Å². The van der Waals surface area contributed by atoms with Crippen LogP contribution in [-0.4, -0.2) is 19.9 Å². The first-order valence-corrected chi connectivity index (χ1v) is 17.3. The summed E-state index contributed by atoms with van der Waals surface area (Å²) in [4.78, 5) is 22.9. The van der Waals surface area contributed by atoms with Gasteiger partial charge in [0.05, 0.1) is 22.6 Å². The van der Waals surface area contributed by atoms with Crippen LogP contribution in [0, 0.1) is 0 Å². The lowest BCUT2D eigenvalue weighted by atomic mass is 9.90. The molecule has 52 heavy (non-hydrogen) atoms. The fraction of sp³-hybridized carbons (Fsp3) is 0. The maximum absolute atomic E-state index is 6.30. The maximum atomic E-state index is 6.30. The summed E-state index contributed by atoms with van der Waals surface area (Å²) in [6, 6.07) is 56.2. The lowest BCUT2D eigenvalue weighted by Crippen LogP contribution is -2.19. The molecule has 0 N–H and O–H groups in total. The minimum absolute atomic E-state index is 0.538. The number of pyridine rings is 1. The van der Waals surface area contributed by atoms with Crippen molar-refractivity contribution in [2.75, 3.05) is 4.90 Å². The molecule has 0 fully saturated rings. The second-order valence-electron chi connectivity index (χ2n) is 13.0. The van der Waals surface area contributed by atoms with E-state index < -0.39 is 0 Å². The number of aromatic nitrogens is 4. The average Bonchev–Trinajstić information content (AvgIpc) is 3.60. The molecule has 242 valence electrons. The zero-order chi connectivity index (χ0) is 34.2. The van der Waals surface area contributed by atoms with E-state index in [1.54, 1.807) is 0 Å². The summed E-state index contributed by atoms with van der Waals surface area (Å²) >= 11 is 0. The van der Waals surface area contributed by atoms with Gasteiger partial charge in [0, 0.05) is 38.2 Å². The second kappa shape index (κ2) is 11.2. The summed E-state index contributed by atoms with van der Waals surface area (Å²) in [7, 11) is 0. The van der Waals surface area contributed by atoms with Crippen LogP contribution in [0.15, 0.2) is 168 Å². The molecular formula is C46H27N5O. The Labute approximate surface area is 298 Å². The van der Waals surface area contributed by atoms with Gasteiger partial charge >= 0.3 is 0 Å². The van der Waals surface area contributed by atoms with Crippen LogP contribution in [0.2, 0.25) is 0 Å². The van der Waals surface area contributed by atoms with Crippen LogP contribution >= 0.6 is 0 Å². The van der Waals surface area contributed by atoms with E-state index in [-0.39, 0.29) is 0 Å². The molecule has 10 aromatic rings. The monoisotopic (exact) mass is 665 g/mol. The van der Waals surface area contributed by atoms with Crippen molar-refractivity contribution in [2.24, 2.45) is 0 Å². The summed E-state index contributed by atoms with van der Waals surface area (Å²) in [5.41, 5.74) is 10.5. The van der Waals surface area contributed by atoms with Crippen LogP contribution < -0.4 is 4.90 Å². The Morgan fingerprint density at radius 2 is 1.06 bits per heavy atom. The number of para-hydroxylation sites is 2. The van der Waals surface area contributed by atoms with Crippen LogP contribution in [0.4, 0.5) is 17.3 Å². The Bertz CT molecular complexity index is 2970. The minimum atomic E-state index is 0.538. The highest BCUT2D eigenvalue weighted by atomic mass is 16.3. The smallest absolute Gasteiger partial charge is 0.238 e. The molecule has 1 aliphatic heterocycles. The number of rotatable bonds is 4. The van der Waals surface area contributed by atoms with E-state index in [2.05, 4.69) is 89.8 Å². The first-order valence-electron chi connectivity index (χ1n) is 17.3. The third-order valence-electron chi connectivity index (χ3n) is 10.0. The van der Waals surface area contributed by atoms with Gasteiger partial charge in [-0.25, -0.2) is 9.97 Å².